The lowest BCUT2D eigenvalue weighted by Gasteiger charge is -2.05. The Balaban J connectivity index is 2.97. The summed E-state index contributed by atoms with van der Waals surface area (Å²) >= 11 is 0. The summed E-state index contributed by atoms with van der Waals surface area (Å²) in [5.74, 6) is 0.627. The molecule has 0 unspecified atom stereocenters. The third-order valence-electron chi connectivity index (χ3n) is 1.99. The first-order valence-electron chi connectivity index (χ1n) is 4.30. The molecular weight excluding hydrogens is 150 g/mol. The molecule has 1 aromatic heterocycles. The van der Waals surface area contributed by atoms with Gasteiger partial charge >= 0.3 is 0 Å². The molecule has 12 heavy (non-hydrogen) atoms. The molecule has 1 rings (SSSR count). The van der Waals surface area contributed by atoms with E-state index in [1.54, 1.807) is 0 Å². The number of aromatic nitrogens is 2. The van der Waals surface area contributed by atoms with Crippen LogP contribution in [0.2, 0.25) is 0 Å². The molecular formula is C9H17N3. The van der Waals surface area contributed by atoms with Gasteiger partial charge in [-0.15, -0.1) is 0 Å². The molecule has 0 fully saturated rings. The zero-order valence-corrected chi connectivity index (χ0v) is 8.26. The van der Waals surface area contributed by atoms with E-state index in [9.17, 15) is 0 Å². The van der Waals surface area contributed by atoms with Gasteiger partial charge in [0.05, 0.1) is 17.1 Å². The van der Waals surface area contributed by atoms with E-state index in [0.29, 0.717) is 5.92 Å². The van der Waals surface area contributed by atoms with Crippen LogP contribution in [0.25, 0.3) is 0 Å². The van der Waals surface area contributed by atoms with Crippen molar-refractivity contribution < 1.29 is 0 Å². The third-order valence-corrected chi connectivity index (χ3v) is 1.99. The Morgan fingerprint density at radius 1 is 1.50 bits per heavy atom. The molecule has 0 aliphatic rings. The number of nitrogen functional groups attached to an aromatic ring is 1. The van der Waals surface area contributed by atoms with E-state index in [-0.39, 0.29) is 0 Å². The molecule has 0 aromatic carbocycles. The highest BCUT2D eigenvalue weighted by atomic mass is 15.3. The summed E-state index contributed by atoms with van der Waals surface area (Å²) in [6, 6.07) is 0. The van der Waals surface area contributed by atoms with Crippen LogP contribution in [0.1, 0.15) is 25.2 Å². The number of rotatable bonds is 2. The maximum absolute atomic E-state index is 5.87. The summed E-state index contributed by atoms with van der Waals surface area (Å²) in [5, 5.41) is 4.26. The monoisotopic (exact) mass is 167 g/mol. The van der Waals surface area contributed by atoms with Crippen LogP contribution in [0.15, 0.2) is 0 Å². The molecule has 0 saturated heterocycles. The predicted octanol–water partition coefficient (Wildman–Crippen LogP) is 1.51. The van der Waals surface area contributed by atoms with Crippen molar-refractivity contribution in [2.24, 2.45) is 13.0 Å². The fraction of sp³-hybridized carbons (Fsp3) is 0.667. The Bertz CT molecular complexity index is 274. The Labute approximate surface area is 73.6 Å². The fourth-order valence-electron chi connectivity index (χ4n) is 1.35. The normalized spacial score (nSPS) is 11.1. The summed E-state index contributed by atoms with van der Waals surface area (Å²) in [7, 11) is 1.95. The van der Waals surface area contributed by atoms with Gasteiger partial charge in [0.15, 0.2) is 0 Å². The van der Waals surface area contributed by atoms with Crippen molar-refractivity contribution in [1.29, 1.82) is 0 Å². The largest absolute Gasteiger partial charge is 0.396 e. The number of hydrogen-bond donors (Lipinski definition) is 1. The van der Waals surface area contributed by atoms with Crippen LogP contribution in [0.3, 0.4) is 0 Å². The van der Waals surface area contributed by atoms with Crippen LogP contribution in [0.4, 0.5) is 5.69 Å². The van der Waals surface area contributed by atoms with Gasteiger partial charge < -0.3 is 5.73 Å². The van der Waals surface area contributed by atoms with Gasteiger partial charge in [-0.1, -0.05) is 13.8 Å². The van der Waals surface area contributed by atoms with Crippen molar-refractivity contribution in [1.82, 2.24) is 9.78 Å². The van der Waals surface area contributed by atoms with Crippen molar-refractivity contribution in [3.63, 3.8) is 0 Å². The zero-order chi connectivity index (χ0) is 9.30. The lowest BCUT2D eigenvalue weighted by Crippen LogP contribution is -2.04. The standard InChI is InChI=1S/C9H17N3/c1-6(2)5-8-9(10)7(3)11-12(8)4/h6H,5,10H2,1-4H3. The SMILES string of the molecule is Cc1nn(C)c(CC(C)C)c1N. The van der Waals surface area contributed by atoms with Gasteiger partial charge in [-0.3, -0.25) is 4.68 Å². The van der Waals surface area contributed by atoms with Gasteiger partial charge in [-0.2, -0.15) is 5.10 Å². The second-order valence-electron chi connectivity index (χ2n) is 3.67. The van der Waals surface area contributed by atoms with E-state index >= 15 is 0 Å². The Hall–Kier alpha value is -0.990. The van der Waals surface area contributed by atoms with Crippen LogP contribution in [-0.4, -0.2) is 9.78 Å². The smallest absolute Gasteiger partial charge is 0.0825 e. The fourth-order valence-corrected chi connectivity index (χ4v) is 1.35. The summed E-state index contributed by atoms with van der Waals surface area (Å²) in [6.07, 6.45) is 1.00. The molecule has 0 spiro atoms. The first-order valence-corrected chi connectivity index (χ1v) is 4.30. The number of nitrogens with two attached hydrogens (primary N) is 1. The van der Waals surface area contributed by atoms with E-state index in [1.165, 1.54) is 0 Å². The summed E-state index contributed by atoms with van der Waals surface area (Å²) in [6.45, 7) is 6.31. The average molecular weight is 167 g/mol. The first kappa shape index (κ1) is 9.10. The van der Waals surface area contributed by atoms with Crippen molar-refractivity contribution in [3.8, 4) is 0 Å². The lowest BCUT2D eigenvalue weighted by molar-refractivity contribution is 0.596. The highest BCUT2D eigenvalue weighted by Crippen LogP contribution is 2.18. The Morgan fingerprint density at radius 3 is 2.42 bits per heavy atom. The quantitative estimate of drug-likeness (QED) is 0.725. The van der Waals surface area contributed by atoms with E-state index in [0.717, 1.165) is 23.5 Å². The van der Waals surface area contributed by atoms with Crippen LogP contribution >= 0.6 is 0 Å². The minimum atomic E-state index is 0.627. The van der Waals surface area contributed by atoms with Crippen LogP contribution < -0.4 is 5.73 Å². The van der Waals surface area contributed by atoms with Gasteiger partial charge in [-0.25, -0.2) is 0 Å². The second-order valence-corrected chi connectivity index (χ2v) is 3.67. The van der Waals surface area contributed by atoms with E-state index < -0.39 is 0 Å². The van der Waals surface area contributed by atoms with E-state index in [4.69, 9.17) is 5.73 Å². The van der Waals surface area contributed by atoms with Crippen molar-refractivity contribution in [2.45, 2.75) is 27.2 Å². The molecule has 0 atom stereocenters. The minimum Gasteiger partial charge on any atom is -0.396 e. The molecule has 0 radical (unpaired) electrons. The molecule has 3 heteroatoms. The van der Waals surface area contributed by atoms with Gasteiger partial charge in [0, 0.05) is 7.05 Å². The zero-order valence-electron chi connectivity index (χ0n) is 8.26. The predicted molar refractivity (Wildman–Crippen MR) is 50.9 cm³/mol. The van der Waals surface area contributed by atoms with Crippen molar-refractivity contribution in [2.75, 3.05) is 5.73 Å². The molecule has 0 amide bonds. The topological polar surface area (TPSA) is 43.8 Å². The highest BCUT2D eigenvalue weighted by molar-refractivity contribution is 5.47. The first-order chi connectivity index (χ1) is 5.52. The number of hydrogen-bond acceptors (Lipinski definition) is 2. The summed E-state index contributed by atoms with van der Waals surface area (Å²) in [5.41, 5.74) is 8.81. The maximum atomic E-state index is 5.87. The van der Waals surface area contributed by atoms with Crippen LogP contribution in [0.5, 0.6) is 0 Å². The van der Waals surface area contributed by atoms with Gasteiger partial charge in [0.25, 0.3) is 0 Å². The van der Waals surface area contributed by atoms with Gasteiger partial charge in [-0.05, 0) is 19.3 Å². The van der Waals surface area contributed by atoms with Crippen LogP contribution in [-0.2, 0) is 13.5 Å². The summed E-state index contributed by atoms with van der Waals surface area (Å²) in [4.78, 5) is 0. The van der Waals surface area contributed by atoms with Crippen LogP contribution in [0, 0.1) is 12.8 Å². The lowest BCUT2D eigenvalue weighted by atomic mass is 10.1. The maximum Gasteiger partial charge on any atom is 0.0825 e. The summed E-state index contributed by atoms with van der Waals surface area (Å²) < 4.78 is 1.88. The van der Waals surface area contributed by atoms with E-state index in [1.807, 2.05) is 18.7 Å². The van der Waals surface area contributed by atoms with Crippen molar-refractivity contribution >= 4 is 5.69 Å². The highest BCUT2D eigenvalue weighted by Gasteiger charge is 2.10. The molecule has 0 saturated carbocycles. The van der Waals surface area contributed by atoms with Gasteiger partial charge in [0.1, 0.15) is 0 Å². The number of nitrogens with zero attached hydrogens (tertiary/aromatic N) is 2. The third kappa shape index (κ3) is 1.60. The molecule has 0 aliphatic carbocycles. The van der Waals surface area contributed by atoms with Crippen molar-refractivity contribution in [3.05, 3.63) is 11.4 Å². The number of aryl methyl sites for hydroxylation is 2. The molecule has 0 bridgehead atoms. The van der Waals surface area contributed by atoms with Gasteiger partial charge in [0.2, 0.25) is 0 Å². The molecule has 2 N–H and O–H groups in total. The molecule has 3 nitrogen and oxygen atoms in total. The average Bonchev–Trinajstić information content (AvgIpc) is 2.16. The Morgan fingerprint density at radius 2 is 2.08 bits per heavy atom. The molecule has 1 heterocycles. The van der Waals surface area contributed by atoms with E-state index in [2.05, 4.69) is 18.9 Å². The number of anilines is 1. The molecule has 1 aromatic rings. The Kier molecular flexibility index (Phi) is 2.40. The molecule has 68 valence electrons. The minimum absolute atomic E-state index is 0.627. The second kappa shape index (κ2) is 3.17. The molecule has 0 aliphatic heterocycles.